The first-order valence-electron chi connectivity index (χ1n) is 6.50. The fourth-order valence-corrected chi connectivity index (χ4v) is 3.34. The maximum atomic E-state index is 12.3. The third-order valence-electron chi connectivity index (χ3n) is 2.74. The lowest BCUT2D eigenvalue weighted by Gasteiger charge is -2.13. The van der Waals surface area contributed by atoms with Crippen molar-refractivity contribution in [2.75, 3.05) is 13.2 Å². The van der Waals surface area contributed by atoms with Crippen molar-refractivity contribution in [3.63, 3.8) is 0 Å². The Kier molecular flexibility index (Phi) is 6.94. The smallest absolute Gasteiger partial charge is 0.244 e. The van der Waals surface area contributed by atoms with Gasteiger partial charge in [-0.05, 0) is 38.0 Å². The Morgan fingerprint density at radius 2 is 2.10 bits per heavy atom. The second-order valence-corrected chi connectivity index (χ2v) is 6.92. The van der Waals surface area contributed by atoms with Gasteiger partial charge in [-0.2, -0.15) is 0 Å². The molecule has 0 saturated heterocycles. The van der Waals surface area contributed by atoms with Gasteiger partial charge < -0.3 is 9.84 Å². The molecule has 0 aromatic heterocycles. The van der Waals surface area contributed by atoms with Crippen LogP contribution in [0, 0.1) is 0 Å². The third kappa shape index (κ3) is 5.05. The van der Waals surface area contributed by atoms with Gasteiger partial charge in [-0.3, -0.25) is 0 Å². The lowest BCUT2D eigenvalue weighted by molar-refractivity contribution is 0.162. The van der Waals surface area contributed by atoms with Crippen molar-refractivity contribution in [1.82, 2.24) is 4.72 Å². The van der Waals surface area contributed by atoms with Crippen LogP contribution < -0.4 is 9.46 Å². The van der Waals surface area contributed by atoms with Crippen molar-refractivity contribution in [1.29, 1.82) is 0 Å². The first-order valence-corrected chi connectivity index (χ1v) is 8.78. The highest BCUT2D eigenvalue weighted by Crippen LogP contribution is 2.27. The molecule has 0 saturated carbocycles. The first kappa shape index (κ1) is 17.4. The summed E-state index contributed by atoms with van der Waals surface area (Å²) in [5.74, 6) is 0.319. The van der Waals surface area contributed by atoms with E-state index in [1.807, 2.05) is 6.92 Å². The summed E-state index contributed by atoms with van der Waals surface area (Å²) in [5, 5.41) is 9.44. The number of nitrogens with one attached hydrogen (secondary N) is 1. The number of hydrogen-bond acceptors (Lipinski definition) is 4. The summed E-state index contributed by atoms with van der Waals surface area (Å²) in [7, 11) is -3.66. The summed E-state index contributed by atoms with van der Waals surface area (Å²) >= 11 is 3.25. The predicted molar refractivity (Wildman–Crippen MR) is 81.4 cm³/mol. The molecular weight excluding hydrogens is 346 g/mol. The number of hydrogen-bond donors (Lipinski definition) is 2. The Bertz CT molecular complexity index is 533. The van der Waals surface area contributed by atoms with Crippen LogP contribution in [0.4, 0.5) is 0 Å². The monoisotopic (exact) mass is 365 g/mol. The Morgan fingerprint density at radius 3 is 2.70 bits per heavy atom. The number of rotatable bonds is 8. The van der Waals surface area contributed by atoms with Crippen LogP contribution in [0.2, 0.25) is 0 Å². The summed E-state index contributed by atoms with van der Waals surface area (Å²) in [6.45, 7) is 4.22. The Hall–Kier alpha value is -0.630. The minimum Gasteiger partial charge on any atom is -0.492 e. The molecule has 0 radical (unpaired) electrons. The molecule has 1 rings (SSSR count). The summed E-state index contributed by atoms with van der Waals surface area (Å²) in [4.78, 5) is 0.0970. The standard InChI is InChI=1S/C13H20BrNO4S/c1-3-11(16)7-8-15-20(17,18)13-9-10(14)5-6-12(13)19-4-2/h5-6,9,11,15-16H,3-4,7-8H2,1-2H3. The molecule has 0 aliphatic carbocycles. The van der Waals surface area contributed by atoms with Gasteiger partial charge in [0.25, 0.3) is 0 Å². The molecule has 2 N–H and O–H groups in total. The number of aliphatic hydroxyl groups excluding tert-OH is 1. The normalized spacial score (nSPS) is 13.2. The van der Waals surface area contributed by atoms with Crippen molar-refractivity contribution in [2.45, 2.75) is 37.7 Å². The van der Waals surface area contributed by atoms with Gasteiger partial charge in [-0.15, -0.1) is 0 Å². The molecule has 114 valence electrons. The molecule has 0 spiro atoms. The largest absolute Gasteiger partial charge is 0.492 e. The molecule has 1 aromatic rings. The van der Waals surface area contributed by atoms with E-state index in [-0.39, 0.29) is 11.4 Å². The number of benzene rings is 1. The molecule has 1 aromatic carbocycles. The van der Waals surface area contributed by atoms with Crippen molar-refractivity contribution in [3.8, 4) is 5.75 Å². The number of ether oxygens (including phenoxy) is 1. The summed E-state index contributed by atoms with van der Waals surface area (Å²) < 4.78 is 33.0. The third-order valence-corrected chi connectivity index (χ3v) is 4.71. The number of halogens is 1. The van der Waals surface area contributed by atoms with Crippen LogP contribution >= 0.6 is 15.9 Å². The van der Waals surface area contributed by atoms with Crippen LogP contribution in [0.3, 0.4) is 0 Å². The lowest BCUT2D eigenvalue weighted by atomic mass is 10.2. The van der Waals surface area contributed by atoms with Crippen LogP contribution in [0.25, 0.3) is 0 Å². The van der Waals surface area contributed by atoms with E-state index in [4.69, 9.17) is 4.74 Å². The van der Waals surface area contributed by atoms with Gasteiger partial charge in [0.05, 0.1) is 12.7 Å². The van der Waals surface area contributed by atoms with Gasteiger partial charge in [0.15, 0.2) is 0 Å². The summed E-state index contributed by atoms with van der Waals surface area (Å²) in [5.41, 5.74) is 0. The molecule has 20 heavy (non-hydrogen) atoms. The van der Waals surface area contributed by atoms with Gasteiger partial charge in [0, 0.05) is 11.0 Å². The molecule has 0 amide bonds. The highest BCUT2D eigenvalue weighted by atomic mass is 79.9. The van der Waals surface area contributed by atoms with Gasteiger partial charge in [0.1, 0.15) is 10.6 Å². The van der Waals surface area contributed by atoms with E-state index < -0.39 is 16.1 Å². The van der Waals surface area contributed by atoms with Crippen LogP contribution in [-0.2, 0) is 10.0 Å². The summed E-state index contributed by atoms with van der Waals surface area (Å²) in [6, 6.07) is 4.84. The van der Waals surface area contributed by atoms with Gasteiger partial charge >= 0.3 is 0 Å². The van der Waals surface area contributed by atoms with Crippen LogP contribution in [0.5, 0.6) is 5.75 Å². The highest BCUT2D eigenvalue weighted by Gasteiger charge is 2.20. The van der Waals surface area contributed by atoms with E-state index in [1.54, 1.807) is 19.1 Å². The zero-order valence-electron chi connectivity index (χ0n) is 11.6. The topological polar surface area (TPSA) is 75.6 Å². The second-order valence-electron chi connectivity index (χ2n) is 4.27. The van der Waals surface area contributed by atoms with Crippen molar-refractivity contribution < 1.29 is 18.3 Å². The second kappa shape index (κ2) is 7.97. The molecule has 7 heteroatoms. The zero-order chi connectivity index (χ0) is 15.2. The van der Waals surface area contributed by atoms with Crippen LogP contribution in [0.15, 0.2) is 27.6 Å². The van der Waals surface area contributed by atoms with Crippen molar-refractivity contribution in [3.05, 3.63) is 22.7 Å². The zero-order valence-corrected chi connectivity index (χ0v) is 14.0. The average molecular weight is 366 g/mol. The molecule has 0 bridgehead atoms. The Labute approximate surface area is 128 Å². The lowest BCUT2D eigenvalue weighted by Crippen LogP contribution is -2.27. The Balaban J connectivity index is 2.88. The minimum atomic E-state index is -3.66. The van der Waals surface area contributed by atoms with Crippen molar-refractivity contribution in [2.24, 2.45) is 0 Å². The van der Waals surface area contributed by atoms with E-state index in [2.05, 4.69) is 20.7 Å². The molecule has 0 fully saturated rings. The van der Waals surface area contributed by atoms with Gasteiger partial charge in [-0.1, -0.05) is 22.9 Å². The first-order chi connectivity index (χ1) is 9.40. The van der Waals surface area contributed by atoms with E-state index in [0.29, 0.717) is 29.7 Å². The van der Waals surface area contributed by atoms with Crippen molar-refractivity contribution >= 4 is 26.0 Å². The van der Waals surface area contributed by atoms with E-state index in [9.17, 15) is 13.5 Å². The average Bonchev–Trinajstić information content (AvgIpc) is 2.40. The minimum absolute atomic E-state index is 0.0970. The highest BCUT2D eigenvalue weighted by molar-refractivity contribution is 9.10. The van der Waals surface area contributed by atoms with Crippen LogP contribution in [-0.4, -0.2) is 32.8 Å². The molecular formula is C13H20BrNO4S. The Morgan fingerprint density at radius 1 is 1.40 bits per heavy atom. The SMILES string of the molecule is CCOc1ccc(Br)cc1S(=O)(=O)NCCC(O)CC. The molecule has 0 aliphatic heterocycles. The maximum Gasteiger partial charge on any atom is 0.244 e. The van der Waals surface area contributed by atoms with Gasteiger partial charge in [0.2, 0.25) is 10.0 Å². The van der Waals surface area contributed by atoms with E-state index in [1.165, 1.54) is 6.07 Å². The number of aliphatic hydroxyl groups is 1. The predicted octanol–water partition coefficient (Wildman–Crippen LogP) is 2.29. The molecule has 1 atom stereocenters. The molecule has 5 nitrogen and oxygen atoms in total. The molecule has 1 unspecified atom stereocenters. The summed E-state index contributed by atoms with van der Waals surface area (Å²) in [6.07, 6.45) is 0.489. The van der Waals surface area contributed by atoms with E-state index in [0.717, 1.165) is 0 Å². The van der Waals surface area contributed by atoms with Gasteiger partial charge in [-0.25, -0.2) is 13.1 Å². The fourth-order valence-electron chi connectivity index (χ4n) is 1.61. The maximum absolute atomic E-state index is 12.3. The quantitative estimate of drug-likeness (QED) is 0.740. The molecule has 0 aliphatic rings. The number of sulfonamides is 1. The van der Waals surface area contributed by atoms with Crippen LogP contribution in [0.1, 0.15) is 26.7 Å². The molecule has 0 heterocycles. The fraction of sp³-hybridized carbons (Fsp3) is 0.538. The van der Waals surface area contributed by atoms with E-state index >= 15 is 0 Å².